The first-order chi connectivity index (χ1) is 16.2. The molecule has 176 valence electrons. The van der Waals surface area contributed by atoms with Gasteiger partial charge in [0.15, 0.2) is 11.5 Å². The van der Waals surface area contributed by atoms with E-state index in [0.717, 1.165) is 78.0 Å². The van der Waals surface area contributed by atoms with Crippen LogP contribution in [0.1, 0.15) is 37.7 Å². The number of fused-ring (bicyclic) bond motifs is 2. The molecule has 33 heavy (non-hydrogen) atoms. The number of aryl methyl sites for hydroxylation is 1. The Bertz CT molecular complexity index is 1100. The maximum atomic E-state index is 6.19. The summed E-state index contributed by atoms with van der Waals surface area (Å²) >= 11 is 0. The minimum atomic E-state index is 0.389. The number of anilines is 1. The van der Waals surface area contributed by atoms with Gasteiger partial charge < -0.3 is 24.4 Å². The Hall–Kier alpha value is -2.57. The smallest absolute Gasteiger partial charge is 0.163 e. The molecule has 3 heterocycles. The Morgan fingerprint density at radius 1 is 1.03 bits per heavy atom. The van der Waals surface area contributed by atoms with Gasteiger partial charge in [-0.2, -0.15) is 0 Å². The lowest BCUT2D eigenvalue weighted by molar-refractivity contribution is 0.0905. The summed E-state index contributed by atoms with van der Waals surface area (Å²) in [5.74, 6) is 1.52. The second kappa shape index (κ2) is 10.1. The molecule has 0 radical (unpaired) electrons. The van der Waals surface area contributed by atoms with Crippen molar-refractivity contribution in [2.45, 2.75) is 45.1 Å². The van der Waals surface area contributed by atoms with Gasteiger partial charge in [-0.1, -0.05) is 11.6 Å². The summed E-state index contributed by atoms with van der Waals surface area (Å²) < 4.78 is 17.5. The summed E-state index contributed by atoms with van der Waals surface area (Å²) in [6.07, 6.45) is 5.67. The third kappa shape index (κ3) is 5.02. The van der Waals surface area contributed by atoms with Gasteiger partial charge in [-0.15, -0.1) is 0 Å². The van der Waals surface area contributed by atoms with E-state index in [2.05, 4.69) is 41.4 Å². The van der Waals surface area contributed by atoms with Gasteiger partial charge in [0.2, 0.25) is 0 Å². The van der Waals surface area contributed by atoms with Crippen LogP contribution in [0.5, 0.6) is 11.5 Å². The van der Waals surface area contributed by atoms with E-state index in [1.807, 2.05) is 6.07 Å². The standard InChI is InChI=1S/C27H35N3O3/c1-19-6-7-23-21(16-19)27(28-20-8-14-32-15-9-20)22-17-25(31-2)26(18-24(22)29-23)33-13-5-12-30-10-3-4-11-30/h6-7,16-18,20H,3-5,8-15H2,1-2H3,(H,28,29). The minimum Gasteiger partial charge on any atom is -0.493 e. The van der Waals surface area contributed by atoms with Crippen molar-refractivity contribution in [1.82, 2.24) is 9.88 Å². The molecule has 1 N–H and O–H groups in total. The summed E-state index contributed by atoms with van der Waals surface area (Å²) in [6, 6.07) is 11.0. The van der Waals surface area contributed by atoms with Crippen LogP contribution in [0.3, 0.4) is 0 Å². The molecule has 0 unspecified atom stereocenters. The molecule has 0 atom stereocenters. The second-order valence-corrected chi connectivity index (χ2v) is 9.31. The Morgan fingerprint density at radius 3 is 2.61 bits per heavy atom. The molecule has 2 aliphatic heterocycles. The van der Waals surface area contributed by atoms with Crippen molar-refractivity contribution in [3.63, 3.8) is 0 Å². The van der Waals surface area contributed by atoms with Gasteiger partial charge in [-0.3, -0.25) is 0 Å². The molecule has 0 aliphatic carbocycles. The molecule has 2 aliphatic rings. The average Bonchev–Trinajstić information content (AvgIpc) is 3.36. The third-order valence-corrected chi connectivity index (χ3v) is 6.86. The van der Waals surface area contributed by atoms with E-state index >= 15 is 0 Å². The highest BCUT2D eigenvalue weighted by molar-refractivity contribution is 6.08. The van der Waals surface area contributed by atoms with Crippen LogP contribution in [0.15, 0.2) is 30.3 Å². The lowest BCUT2D eigenvalue weighted by Gasteiger charge is -2.26. The molecule has 0 amide bonds. The fourth-order valence-electron chi connectivity index (χ4n) is 5.01. The van der Waals surface area contributed by atoms with Crippen LogP contribution < -0.4 is 14.8 Å². The number of nitrogens with one attached hydrogen (secondary N) is 1. The van der Waals surface area contributed by atoms with Crippen LogP contribution in [0.4, 0.5) is 5.69 Å². The monoisotopic (exact) mass is 449 g/mol. The first-order valence-corrected chi connectivity index (χ1v) is 12.3. The minimum absolute atomic E-state index is 0.389. The predicted molar refractivity (Wildman–Crippen MR) is 134 cm³/mol. The fourth-order valence-corrected chi connectivity index (χ4v) is 5.01. The Morgan fingerprint density at radius 2 is 1.82 bits per heavy atom. The zero-order valence-corrected chi connectivity index (χ0v) is 19.9. The number of likely N-dealkylation sites (tertiary alicyclic amines) is 1. The van der Waals surface area contributed by atoms with E-state index in [9.17, 15) is 0 Å². The second-order valence-electron chi connectivity index (χ2n) is 9.31. The van der Waals surface area contributed by atoms with Gasteiger partial charge in [0.25, 0.3) is 0 Å². The molecule has 6 heteroatoms. The maximum absolute atomic E-state index is 6.19. The summed E-state index contributed by atoms with van der Waals surface area (Å²) in [5.41, 5.74) is 4.28. The van der Waals surface area contributed by atoms with Crippen molar-refractivity contribution in [3.05, 3.63) is 35.9 Å². The highest BCUT2D eigenvalue weighted by Crippen LogP contribution is 2.39. The molecule has 0 saturated carbocycles. The largest absolute Gasteiger partial charge is 0.493 e. The number of rotatable bonds is 8. The number of aromatic nitrogens is 1. The van der Waals surface area contributed by atoms with Crippen LogP contribution in [-0.4, -0.2) is 62.5 Å². The number of nitrogens with zero attached hydrogens (tertiary/aromatic N) is 2. The van der Waals surface area contributed by atoms with Crippen molar-refractivity contribution in [3.8, 4) is 11.5 Å². The quantitative estimate of drug-likeness (QED) is 0.379. The maximum Gasteiger partial charge on any atom is 0.163 e. The molecule has 0 spiro atoms. The number of benzene rings is 2. The van der Waals surface area contributed by atoms with Gasteiger partial charge >= 0.3 is 0 Å². The van der Waals surface area contributed by atoms with Crippen molar-refractivity contribution in [2.24, 2.45) is 0 Å². The average molecular weight is 450 g/mol. The van der Waals surface area contributed by atoms with E-state index in [-0.39, 0.29) is 0 Å². The Balaban J connectivity index is 1.46. The van der Waals surface area contributed by atoms with E-state index in [4.69, 9.17) is 19.2 Å². The highest BCUT2D eigenvalue weighted by atomic mass is 16.5. The zero-order chi connectivity index (χ0) is 22.6. The summed E-state index contributed by atoms with van der Waals surface area (Å²) in [6.45, 7) is 7.95. The summed E-state index contributed by atoms with van der Waals surface area (Å²) in [7, 11) is 1.71. The lowest BCUT2D eigenvalue weighted by atomic mass is 10.0. The van der Waals surface area contributed by atoms with Gasteiger partial charge in [-0.05, 0) is 70.3 Å². The van der Waals surface area contributed by atoms with E-state index < -0.39 is 0 Å². The van der Waals surface area contributed by atoms with E-state index in [0.29, 0.717) is 12.6 Å². The van der Waals surface area contributed by atoms with Gasteiger partial charge in [-0.25, -0.2) is 4.98 Å². The van der Waals surface area contributed by atoms with Crippen molar-refractivity contribution in [1.29, 1.82) is 0 Å². The lowest BCUT2D eigenvalue weighted by Crippen LogP contribution is -2.28. The van der Waals surface area contributed by atoms with Crippen molar-refractivity contribution in [2.75, 3.05) is 51.9 Å². The molecule has 2 aromatic carbocycles. The van der Waals surface area contributed by atoms with E-state index in [1.54, 1.807) is 7.11 Å². The van der Waals surface area contributed by atoms with Crippen molar-refractivity contribution >= 4 is 27.5 Å². The van der Waals surface area contributed by atoms with Gasteiger partial charge in [0.05, 0.1) is 30.4 Å². The molecule has 0 bridgehead atoms. The van der Waals surface area contributed by atoms with Crippen LogP contribution in [-0.2, 0) is 4.74 Å². The summed E-state index contributed by atoms with van der Waals surface area (Å²) in [5, 5.41) is 6.05. The molecule has 6 nitrogen and oxygen atoms in total. The molecular formula is C27H35N3O3. The Labute approximate surface area is 196 Å². The molecule has 2 fully saturated rings. The fraction of sp³-hybridized carbons (Fsp3) is 0.519. The summed E-state index contributed by atoms with van der Waals surface area (Å²) in [4.78, 5) is 7.51. The number of hydrogen-bond acceptors (Lipinski definition) is 6. The number of ether oxygens (including phenoxy) is 3. The molecular weight excluding hydrogens is 414 g/mol. The normalized spacial score (nSPS) is 17.6. The number of hydrogen-bond donors (Lipinski definition) is 1. The van der Waals surface area contributed by atoms with Crippen LogP contribution in [0, 0.1) is 6.92 Å². The predicted octanol–water partition coefficient (Wildman–Crippen LogP) is 5.16. The SMILES string of the molecule is COc1cc2c(NC3CCOCC3)c3cc(C)ccc3nc2cc1OCCCN1CCCC1. The molecule has 3 aromatic rings. The van der Waals surface area contributed by atoms with Gasteiger partial charge in [0.1, 0.15) is 0 Å². The Kier molecular flexibility index (Phi) is 6.83. The molecule has 1 aromatic heterocycles. The van der Waals surface area contributed by atoms with Gasteiger partial charge in [0, 0.05) is 42.6 Å². The zero-order valence-electron chi connectivity index (χ0n) is 19.9. The first kappa shape index (κ1) is 22.2. The number of pyridine rings is 1. The highest BCUT2D eigenvalue weighted by Gasteiger charge is 2.19. The van der Waals surface area contributed by atoms with E-state index in [1.165, 1.54) is 31.5 Å². The number of methoxy groups -OCH3 is 1. The van der Waals surface area contributed by atoms with Crippen LogP contribution in [0.25, 0.3) is 21.8 Å². The van der Waals surface area contributed by atoms with Crippen LogP contribution in [0.2, 0.25) is 0 Å². The molecule has 2 saturated heterocycles. The third-order valence-electron chi connectivity index (χ3n) is 6.86. The van der Waals surface area contributed by atoms with Crippen LogP contribution >= 0.6 is 0 Å². The first-order valence-electron chi connectivity index (χ1n) is 12.3. The molecule has 5 rings (SSSR count). The van der Waals surface area contributed by atoms with Crippen molar-refractivity contribution < 1.29 is 14.2 Å². The topological polar surface area (TPSA) is 55.9 Å².